The highest BCUT2D eigenvalue weighted by atomic mass is 32.2. The number of amides is 1. The molecule has 0 aliphatic carbocycles. The molecule has 0 saturated carbocycles. The second-order valence-electron chi connectivity index (χ2n) is 8.22. The molecule has 9 heteroatoms. The van der Waals surface area contributed by atoms with E-state index in [1.54, 1.807) is 42.7 Å². The molecule has 2 aromatic carbocycles. The van der Waals surface area contributed by atoms with E-state index in [9.17, 15) is 22.8 Å². The van der Waals surface area contributed by atoms with Gasteiger partial charge < -0.3 is 4.90 Å². The average Bonchev–Trinajstić information content (AvgIpc) is 3.09. The van der Waals surface area contributed by atoms with Gasteiger partial charge in [-0.3, -0.25) is 14.4 Å². The van der Waals surface area contributed by atoms with E-state index in [0.29, 0.717) is 5.56 Å². The smallest absolute Gasteiger partial charge is 0.291 e. The first kappa shape index (κ1) is 23.5. The fourth-order valence-electron chi connectivity index (χ4n) is 4.09. The van der Waals surface area contributed by atoms with Gasteiger partial charge in [0.2, 0.25) is 15.8 Å². The summed E-state index contributed by atoms with van der Waals surface area (Å²) >= 11 is 0. The number of pyridine rings is 1. The molecule has 0 radical (unpaired) electrons. The first-order chi connectivity index (χ1) is 16.2. The quantitative estimate of drug-likeness (QED) is 0.293. The van der Waals surface area contributed by atoms with Crippen molar-refractivity contribution < 1.29 is 27.8 Å². The van der Waals surface area contributed by atoms with Gasteiger partial charge in [0.1, 0.15) is 5.92 Å². The molecule has 1 aliphatic heterocycles. The van der Waals surface area contributed by atoms with Crippen LogP contribution in [0.25, 0.3) is 0 Å². The Morgan fingerprint density at radius 2 is 1.65 bits per heavy atom. The molecule has 1 N–H and O–H groups in total. The minimum atomic E-state index is -3.67. The van der Waals surface area contributed by atoms with Crippen molar-refractivity contribution in [1.82, 2.24) is 9.21 Å². The maximum absolute atomic E-state index is 13.5. The number of hydrogen-bond donors (Lipinski definition) is 0. The summed E-state index contributed by atoms with van der Waals surface area (Å²) < 4.78 is 25.8. The van der Waals surface area contributed by atoms with Crippen LogP contribution in [0.2, 0.25) is 0 Å². The number of carbonyl (C=O) groups excluding carboxylic acids is 3. The van der Waals surface area contributed by atoms with Crippen molar-refractivity contribution in [3.63, 3.8) is 0 Å². The summed E-state index contributed by atoms with van der Waals surface area (Å²) in [4.78, 5) is 44.1. The molecule has 2 unspecified atom stereocenters. The van der Waals surface area contributed by atoms with E-state index < -0.39 is 39.5 Å². The zero-order valence-corrected chi connectivity index (χ0v) is 19.5. The van der Waals surface area contributed by atoms with Gasteiger partial charge in [-0.25, -0.2) is 17.7 Å². The Labute approximate surface area is 197 Å². The zero-order chi connectivity index (χ0) is 24.5. The van der Waals surface area contributed by atoms with E-state index in [1.165, 1.54) is 43.3 Å². The molecular weight excluding hydrogens is 454 g/mol. The highest BCUT2D eigenvalue weighted by Crippen LogP contribution is 2.39. The van der Waals surface area contributed by atoms with Crippen molar-refractivity contribution in [3.8, 4) is 0 Å². The number of aromatic amines is 1. The fourth-order valence-corrected chi connectivity index (χ4v) is 4.99. The molecule has 8 nitrogen and oxygen atoms in total. The number of Topliss-reactive ketones (excluding diaryl/α,β-unsaturated/α-hetero) is 2. The number of carbonyl (C=O) groups is 3. The summed E-state index contributed by atoms with van der Waals surface area (Å²) in [5, 5.41) is 0. The molecule has 2 atom stereocenters. The number of rotatable bonds is 7. The van der Waals surface area contributed by atoms with Crippen LogP contribution in [0, 0.1) is 5.92 Å². The van der Waals surface area contributed by atoms with Crippen molar-refractivity contribution >= 4 is 27.5 Å². The minimum Gasteiger partial charge on any atom is -0.323 e. The Morgan fingerprint density at radius 1 is 0.971 bits per heavy atom. The van der Waals surface area contributed by atoms with Crippen LogP contribution >= 0.6 is 0 Å². The van der Waals surface area contributed by atoms with Gasteiger partial charge in [-0.1, -0.05) is 42.5 Å². The standard InChI is InChI=1S/C25H23N3O5S/c1-27(2)34(32,33)20-12-10-19(11-13-20)23(29)21-22(18-8-4-3-5-9-18)28(25(31)24(21)30)16-17-7-6-14-26-15-17/h3-15,21-22H,16H2,1-2H3/p+1. The van der Waals surface area contributed by atoms with Crippen molar-refractivity contribution in [2.75, 3.05) is 14.1 Å². The van der Waals surface area contributed by atoms with Crippen molar-refractivity contribution in [2.24, 2.45) is 5.92 Å². The maximum Gasteiger partial charge on any atom is 0.291 e. The second kappa shape index (κ2) is 9.28. The van der Waals surface area contributed by atoms with Gasteiger partial charge in [0.05, 0.1) is 17.5 Å². The second-order valence-corrected chi connectivity index (χ2v) is 10.4. The summed E-state index contributed by atoms with van der Waals surface area (Å²) in [5.74, 6) is -3.26. The first-order valence-corrected chi connectivity index (χ1v) is 12.1. The number of ketones is 2. The Balaban J connectivity index is 1.72. The van der Waals surface area contributed by atoms with Gasteiger partial charge in [-0.05, 0) is 23.8 Å². The minimum absolute atomic E-state index is 0.0319. The normalized spacial score (nSPS) is 18.5. The topological polar surface area (TPSA) is 106 Å². The lowest BCUT2D eigenvalue weighted by Crippen LogP contribution is -2.30. The van der Waals surface area contributed by atoms with Crippen LogP contribution in [0.5, 0.6) is 0 Å². The van der Waals surface area contributed by atoms with Gasteiger partial charge >= 0.3 is 0 Å². The van der Waals surface area contributed by atoms with Crippen molar-refractivity contribution in [3.05, 3.63) is 95.8 Å². The SMILES string of the molecule is CN(C)S(=O)(=O)c1ccc(C(=O)C2C(=O)C(=O)N(Cc3ccc[nH+]c3)C2c2ccccc2)cc1. The van der Waals surface area contributed by atoms with Gasteiger partial charge in [0, 0.05) is 31.3 Å². The number of hydrogen-bond acceptors (Lipinski definition) is 5. The summed E-state index contributed by atoms with van der Waals surface area (Å²) in [6, 6.07) is 17.2. The summed E-state index contributed by atoms with van der Waals surface area (Å²) in [5.41, 5.74) is 1.63. The highest BCUT2D eigenvalue weighted by Gasteiger charge is 2.51. The number of sulfonamides is 1. The number of benzene rings is 2. The molecule has 1 amide bonds. The van der Waals surface area contributed by atoms with Crippen LogP contribution in [-0.2, 0) is 26.2 Å². The van der Waals surface area contributed by atoms with Crippen LogP contribution in [0.3, 0.4) is 0 Å². The van der Waals surface area contributed by atoms with Crippen LogP contribution in [0.4, 0.5) is 0 Å². The highest BCUT2D eigenvalue weighted by molar-refractivity contribution is 7.89. The van der Waals surface area contributed by atoms with Crippen molar-refractivity contribution in [1.29, 1.82) is 0 Å². The summed E-state index contributed by atoms with van der Waals surface area (Å²) in [6.07, 6.45) is 3.47. The lowest BCUT2D eigenvalue weighted by molar-refractivity contribution is -0.378. The van der Waals surface area contributed by atoms with E-state index >= 15 is 0 Å². The molecule has 3 aromatic rings. The molecule has 1 aliphatic rings. The first-order valence-electron chi connectivity index (χ1n) is 10.6. The molecule has 174 valence electrons. The van der Waals surface area contributed by atoms with Crippen LogP contribution < -0.4 is 4.98 Å². The maximum atomic E-state index is 13.5. The number of likely N-dealkylation sites (tertiary alicyclic amines) is 1. The fraction of sp³-hybridized carbons (Fsp3) is 0.200. The van der Waals surface area contributed by atoms with E-state index in [2.05, 4.69) is 4.98 Å². The van der Waals surface area contributed by atoms with Crippen molar-refractivity contribution in [2.45, 2.75) is 17.5 Å². The van der Waals surface area contributed by atoms with Crippen LogP contribution in [-0.4, -0.2) is 49.2 Å². The Bertz CT molecular complexity index is 1320. The molecule has 4 rings (SSSR count). The van der Waals surface area contributed by atoms with E-state index in [4.69, 9.17) is 0 Å². The van der Waals surface area contributed by atoms with Crippen LogP contribution in [0.15, 0.2) is 84.0 Å². The average molecular weight is 479 g/mol. The van der Waals surface area contributed by atoms with E-state index in [-0.39, 0.29) is 17.0 Å². The molecule has 1 saturated heterocycles. The van der Waals surface area contributed by atoms with E-state index in [1.807, 2.05) is 12.1 Å². The third kappa shape index (κ3) is 4.27. The Morgan fingerprint density at radius 3 is 2.24 bits per heavy atom. The number of aromatic nitrogens is 1. The van der Waals surface area contributed by atoms with Crippen LogP contribution in [0.1, 0.15) is 27.5 Å². The number of nitrogens with zero attached hydrogens (tertiary/aromatic N) is 2. The molecular formula is C25H24N3O5S+. The molecule has 2 heterocycles. The molecule has 1 aromatic heterocycles. The predicted molar refractivity (Wildman–Crippen MR) is 123 cm³/mol. The number of H-pyrrole nitrogens is 1. The monoisotopic (exact) mass is 478 g/mol. The Kier molecular flexibility index (Phi) is 6.41. The summed E-state index contributed by atoms with van der Waals surface area (Å²) in [7, 11) is -0.830. The number of nitrogens with one attached hydrogen (secondary N) is 1. The third-order valence-corrected chi connectivity index (χ3v) is 7.70. The molecule has 0 bridgehead atoms. The summed E-state index contributed by atoms with van der Waals surface area (Å²) in [6.45, 7) is 0.158. The molecule has 1 fully saturated rings. The Hall–Kier alpha value is -3.69. The third-order valence-electron chi connectivity index (χ3n) is 5.87. The van der Waals surface area contributed by atoms with E-state index in [0.717, 1.165) is 9.87 Å². The van der Waals surface area contributed by atoms with Gasteiger partial charge in [-0.15, -0.1) is 0 Å². The molecule has 0 spiro atoms. The zero-order valence-electron chi connectivity index (χ0n) is 18.7. The van der Waals surface area contributed by atoms with Gasteiger partial charge in [0.25, 0.3) is 5.91 Å². The largest absolute Gasteiger partial charge is 0.323 e. The van der Waals surface area contributed by atoms with Gasteiger partial charge in [0.15, 0.2) is 18.2 Å². The lowest BCUT2D eigenvalue weighted by atomic mass is 9.86. The predicted octanol–water partition coefficient (Wildman–Crippen LogP) is 1.90. The van der Waals surface area contributed by atoms with Gasteiger partial charge in [-0.2, -0.15) is 0 Å². The lowest BCUT2D eigenvalue weighted by Gasteiger charge is -2.27. The molecule has 34 heavy (non-hydrogen) atoms.